The van der Waals surface area contributed by atoms with E-state index in [1.807, 2.05) is 6.07 Å². The Hall–Kier alpha value is -1.84. The molecule has 0 unspecified atom stereocenters. The predicted octanol–water partition coefficient (Wildman–Crippen LogP) is 3.08. The fourth-order valence-corrected chi connectivity index (χ4v) is 2.08. The summed E-state index contributed by atoms with van der Waals surface area (Å²) in [5.74, 6) is 0.843. The molecule has 0 amide bonds. The summed E-state index contributed by atoms with van der Waals surface area (Å²) in [6.07, 6.45) is 6.01. The molecule has 106 valence electrons. The molecule has 2 rings (SSSR count). The molecule has 0 fully saturated rings. The highest BCUT2D eigenvalue weighted by Gasteiger charge is 2.25. The molecular weight excluding hydrogens is 248 g/mol. The third-order valence-electron chi connectivity index (χ3n) is 3.29. The summed E-state index contributed by atoms with van der Waals surface area (Å²) >= 11 is 0. The van der Waals surface area contributed by atoms with E-state index in [1.54, 1.807) is 18.7 Å². The first-order valence-corrected chi connectivity index (χ1v) is 6.88. The molecule has 0 bridgehead atoms. The number of rotatable bonds is 3. The minimum Gasteiger partial charge on any atom is -0.241 e. The second kappa shape index (κ2) is 5.27. The Morgan fingerprint density at radius 2 is 1.55 bits per heavy atom. The molecule has 0 N–H and O–H groups in total. The molecule has 2 aromatic heterocycles. The van der Waals surface area contributed by atoms with Gasteiger partial charge in [-0.2, -0.15) is 0 Å². The van der Waals surface area contributed by atoms with Crippen LogP contribution in [0, 0.1) is 0 Å². The Bertz CT molecular complexity index is 571. The van der Waals surface area contributed by atoms with Crippen LogP contribution in [-0.4, -0.2) is 19.9 Å². The normalized spacial score (nSPS) is 12.4. The summed E-state index contributed by atoms with van der Waals surface area (Å²) in [6.45, 7) is 10.8. The number of nitrogens with zero attached hydrogens (tertiary/aromatic N) is 4. The fraction of sp³-hybridized carbons (Fsp3) is 0.500. The first-order valence-electron chi connectivity index (χ1n) is 6.88. The average Bonchev–Trinajstić information content (AvgIpc) is 2.38. The van der Waals surface area contributed by atoms with Gasteiger partial charge in [-0.1, -0.05) is 34.6 Å². The Balaban J connectivity index is 2.26. The van der Waals surface area contributed by atoms with Gasteiger partial charge in [-0.05, 0) is 12.1 Å². The van der Waals surface area contributed by atoms with Crippen molar-refractivity contribution in [3.63, 3.8) is 0 Å². The molecule has 20 heavy (non-hydrogen) atoms. The highest BCUT2D eigenvalue weighted by molar-refractivity contribution is 5.19. The third-order valence-corrected chi connectivity index (χ3v) is 3.29. The van der Waals surface area contributed by atoms with Crippen LogP contribution in [0.1, 0.15) is 51.8 Å². The molecule has 2 heterocycles. The smallest absolute Gasteiger partial charge is 0.134 e. The summed E-state index contributed by atoms with van der Waals surface area (Å²) < 4.78 is 0. The maximum Gasteiger partial charge on any atom is 0.134 e. The van der Waals surface area contributed by atoms with E-state index in [0.29, 0.717) is 0 Å². The monoisotopic (exact) mass is 270 g/mol. The summed E-state index contributed by atoms with van der Waals surface area (Å²) in [5, 5.41) is 0. The Morgan fingerprint density at radius 3 is 2.15 bits per heavy atom. The standard InChI is InChI=1S/C16H22N4/c1-15(2,3)13-9-12(19-11-20-13)10-16(4,5)14-17-7-6-8-18-14/h6-9,11H,10H2,1-5H3. The van der Waals surface area contributed by atoms with Gasteiger partial charge < -0.3 is 0 Å². The van der Waals surface area contributed by atoms with Crippen molar-refractivity contribution in [2.75, 3.05) is 0 Å². The van der Waals surface area contributed by atoms with E-state index in [-0.39, 0.29) is 10.8 Å². The molecular formula is C16H22N4. The van der Waals surface area contributed by atoms with Gasteiger partial charge in [0.05, 0.1) is 0 Å². The molecule has 0 saturated heterocycles. The molecule has 0 saturated carbocycles. The van der Waals surface area contributed by atoms with Crippen molar-refractivity contribution in [1.82, 2.24) is 19.9 Å². The van der Waals surface area contributed by atoms with Crippen molar-refractivity contribution < 1.29 is 0 Å². The molecule has 0 aliphatic carbocycles. The van der Waals surface area contributed by atoms with Crippen LogP contribution in [0.4, 0.5) is 0 Å². The maximum absolute atomic E-state index is 4.40. The quantitative estimate of drug-likeness (QED) is 0.860. The van der Waals surface area contributed by atoms with Crippen molar-refractivity contribution in [2.45, 2.75) is 51.9 Å². The van der Waals surface area contributed by atoms with E-state index in [2.05, 4.69) is 60.6 Å². The van der Waals surface area contributed by atoms with Gasteiger partial charge in [-0.25, -0.2) is 19.9 Å². The molecule has 0 aliphatic heterocycles. The highest BCUT2D eigenvalue weighted by atomic mass is 14.9. The van der Waals surface area contributed by atoms with E-state index in [4.69, 9.17) is 0 Å². The molecule has 0 aliphatic rings. The summed E-state index contributed by atoms with van der Waals surface area (Å²) in [7, 11) is 0. The zero-order valence-corrected chi connectivity index (χ0v) is 12.9. The van der Waals surface area contributed by atoms with Crippen LogP contribution >= 0.6 is 0 Å². The average molecular weight is 270 g/mol. The molecule has 0 atom stereocenters. The van der Waals surface area contributed by atoms with Crippen molar-refractivity contribution in [3.8, 4) is 0 Å². The predicted molar refractivity (Wildman–Crippen MR) is 79.5 cm³/mol. The Morgan fingerprint density at radius 1 is 0.900 bits per heavy atom. The lowest BCUT2D eigenvalue weighted by molar-refractivity contribution is 0.477. The van der Waals surface area contributed by atoms with Crippen molar-refractivity contribution in [1.29, 1.82) is 0 Å². The van der Waals surface area contributed by atoms with Gasteiger partial charge in [0.15, 0.2) is 0 Å². The van der Waals surface area contributed by atoms with Gasteiger partial charge in [0.25, 0.3) is 0 Å². The zero-order valence-electron chi connectivity index (χ0n) is 12.9. The molecule has 4 nitrogen and oxygen atoms in total. The fourth-order valence-electron chi connectivity index (χ4n) is 2.08. The van der Waals surface area contributed by atoms with E-state index < -0.39 is 0 Å². The lowest BCUT2D eigenvalue weighted by atomic mass is 9.85. The van der Waals surface area contributed by atoms with E-state index in [0.717, 1.165) is 23.6 Å². The van der Waals surface area contributed by atoms with Gasteiger partial charge in [-0.3, -0.25) is 0 Å². The number of aromatic nitrogens is 4. The van der Waals surface area contributed by atoms with Crippen molar-refractivity contribution >= 4 is 0 Å². The largest absolute Gasteiger partial charge is 0.241 e. The van der Waals surface area contributed by atoms with Crippen LogP contribution in [0.3, 0.4) is 0 Å². The van der Waals surface area contributed by atoms with Gasteiger partial charge in [-0.15, -0.1) is 0 Å². The molecule has 2 aromatic rings. The highest BCUT2D eigenvalue weighted by Crippen LogP contribution is 2.25. The summed E-state index contributed by atoms with van der Waals surface area (Å²) in [6, 6.07) is 3.92. The molecule has 0 spiro atoms. The minimum atomic E-state index is -0.148. The first-order chi connectivity index (χ1) is 9.29. The van der Waals surface area contributed by atoms with Crippen molar-refractivity contribution in [3.05, 3.63) is 48.1 Å². The van der Waals surface area contributed by atoms with Crippen LogP contribution in [0.15, 0.2) is 30.9 Å². The van der Waals surface area contributed by atoms with Crippen LogP contribution in [-0.2, 0) is 17.3 Å². The number of hydrogen-bond acceptors (Lipinski definition) is 4. The SMILES string of the molecule is CC(C)(C)c1cc(CC(C)(C)c2ncccn2)ncn1. The lowest BCUT2D eigenvalue weighted by Gasteiger charge is -2.23. The Kier molecular flexibility index (Phi) is 3.84. The van der Waals surface area contributed by atoms with E-state index >= 15 is 0 Å². The maximum atomic E-state index is 4.40. The number of hydrogen-bond donors (Lipinski definition) is 0. The third kappa shape index (κ3) is 3.38. The molecule has 0 radical (unpaired) electrons. The minimum absolute atomic E-state index is 0.0328. The first kappa shape index (κ1) is 14.6. The topological polar surface area (TPSA) is 51.6 Å². The lowest BCUT2D eigenvalue weighted by Crippen LogP contribution is -2.25. The molecule has 4 heteroatoms. The van der Waals surface area contributed by atoms with E-state index in [1.165, 1.54) is 0 Å². The molecule has 0 aromatic carbocycles. The second-order valence-electron chi connectivity index (χ2n) is 6.78. The van der Waals surface area contributed by atoms with Crippen LogP contribution in [0.25, 0.3) is 0 Å². The summed E-state index contributed by atoms with van der Waals surface area (Å²) in [5.41, 5.74) is 1.98. The van der Waals surface area contributed by atoms with Crippen LogP contribution in [0.5, 0.6) is 0 Å². The summed E-state index contributed by atoms with van der Waals surface area (Å²) in [4.78, 5) is 17.5. The second-order valence-corrected chi connectivity index (χ2v) is 6.78. The van der Waals surface area contributed by atoms with Crippen molar-refractivity contribution in [2.24, 2.45) is 0 Å². The van der Waals surface area contributed by atoms with Gasteiger partial charge in [0.1, 0.15) is 12.2 Å². The van der Waals surface area contributed by atoms with Gasteiger partial charge in [0, 0.05) is 41.0 Å². The van der Waals surface area contributed by atoms with E-state index in [9.17, 15) is 0 Å². The zero-order chi connectivity index (χ0) is 14.8. The van der Waals surface area contributed by atoms with Gasteiger partial charge >= 0.3 is 0 Å². The van der Waals surface area contributed by atoms with Gasteiger partial charge in [0.2, 0.25) is 0 Å². The van der Waals surface area contributed by atoms with Crippen LogP contribution < -0.4 is 0 Å². The Labute approximate surface area is 120 Å². The van der Waals surface area contributed by atoms with Crippen LogP contribution in [0.2, 0.25) is 0 Å².